The fourth-order valence-corrected chi connectivity index (χ4v) is 2.81. The summed E-state index contributed by atoms with van der Waals surface area (Å²) in [6, 6.07) is 5.44. The van der Waals surface area contributed by atoms with Gasteiger partial charge in [-0.25, -0.2) is 9.18 Å². The van der Waals surface area contributed by atoms with Crippen LogP contribution in [0.3, 0.4) is 0 Å². The fraction of sp³-hybridized carbons (Fsp3) is 0.462. The van der Waals surface area contributed by atoms with E-state index in [0.717, 1.165) is 22.9 Å². The van der Waals surface area contributed by atoms with Gasteiger partial charge in [0.2, 0.25) is 6.08 Å². The molecular weight excluding hydrogens is 285 g/mol. The lowest BCUT2D eigenvalue weighted by molar-refractivity contribution is 0.220. The molecule has 0 aromatic heterocycles. The van der Waals surface area contributed by atoms with E-state index in [9.17, 15) is 9.18 Å². The maximum absolute atomic E-state index is 13.9. The van der Waals surface area contributed by atoms with Crippen molar-refractivity contribution in [3.8, 4) is 0 Å². The van der Waals surface area contributed by atoms with Crippen LogP contribution >= 0.6 is 15.9 Å². The Morgan fingerprint density at radius 2 is 2.12 bits per heavy atom. The minimum atomic E-state index is -1.39. The summed E-state index contributed by atoms with van der Waals surface area (Å²) in [6.07, 6.45) is 3.33. The molecule has 0 aliphatic heterocycles. The largest absolute Gasteiger partial charge is 0.239 e. The van der Waals surface area contributed by atoms with Gasteiger partial charge in [-0.3, -0.25) is 0 Å². The second-order valence-corrected chi connectivity index (χ2v) is 5.76. The van der Waals surface area contributed by atoms with Crippen LogP contribution in [-0.2, 0) is 16.0 Å². The Morgan fingerprint density at radius 3 is 2.53 bits per heavy atom. The van der Waals surface area contributed by atoms with Gasteiger partial charge in [0.1, 0.15) is 5.67 Å². The van der Waals surface area contributed by atoms with Crippen LogP contribution in [0.25, 0.3) is 0 Å². The van der Waals surface area contributed by atoms with E-state index < -0.39 is 11.2 Å². The average molecular weight is 298 g/mol. The zero-order valence-corrected chi connectivity index (χ0v) is 11.3. The second kappa shape index (κ2) is 4.04. The molecule has 0 unspecified atom stereocenters. The van der Waals surface area contributed by atoms with Gasteiger partial charge in [0.15, 0.2) is 0 Å². The Morgan fingerprint density at radius 1 is 1.47 bits per heavy atom. The third-order valence-corrected chi connectivity index (χ3v) is 3.79. The van der Waals surface area contributed by atoms with E-state index in [0.29, 0.717) is 5.56 Å². The van der Waals surface area contributed by atoms with Crippen LogP contribution in [0.4, 0.5) is 4.39 Å². The molecule has 1 saturated carbocycles. The smallest absolute Gasteiger partial charge is 0.235 e. The third kappa shape index (κ3) is 2.33. The Kier molecular flexibility index (Phi) is 2.96. The summed E-state index contributed by atoms with van der Waals surface area (Å²) in [7, 11) is 0. The molecule has 17 heavy (non-hydrogen) atoms. The first-order valence-corrected chi connectivity index (χ1v) is 6.27. The first-order valence-electron chi connectivity index (χ1n) is 5.47. The zero-order chi connectivity index (χ0) is 12.7. The van der Waals surface area contributed by atoms with E-state index in [4.69, 9.17) is 0 Å². The Balaban J connectivity index is 2.42. The van der Waals surface area contributed by atoms with Crippen molar-refractivity contribution in [2.24, 2.45) is 4.99 Å². The number of benzene rings is 1. The van der Waals surface area contributed by atoms with Crippen LogP contribution in [0.5, 0.6) is 0 Å². The predicted molar refractivity (Wildman–Crippen MR) is 67.3 cm³/mol. The molecule has 2 rings (SSSR count). The molecule has 1 fully saturated rings. The van der Waals surface area contributed by atoms with Crippen molar-refractivity contribution >= 4 is 22.0 Å². The standard InChI is InChI=1S/C13H13BrFNO/c1-12(2,15)10-4-3-9(7-11(10)14)13(5-6-13)16-8-17/h3-4,7H,5-6H2,1-2H3. The highest BCUT2D eigenvalue weighted by atomic mass is 79.9. The van der Waals surface area contributed by atoms with Crippen molar-refractivity contribution < 1.29 is 9.18 Å². The van der Waals surface area contributed by atoms with Gasteiger partial charge in [0.25, 0.3) is 0 Å². The minimum Gasteiger partial charge on any atom is -0.239 e. The monoisotopic (exact) mass is 297 g/mol. The van der Waals surface area contributed by atoms with Crippen LogP contribution in [0, 0.1) is 0 Å². The number of hydrogen-bond donors (Lipinski definition) is 0. The van der Waals surface area contributed by atoms with Gasteiger partial charge in [-0.15, -0.1) is 0 Å². The van der Waals surface area contributed by atoms with Crippen molar-refractivity contribution in [3.05, 3.63) is 33.8 Å². The Hall–Kier alpha value is -0.990. The maximum atomic E-state index is 13.9. The Labute approximate surface area is 108 Å². The highest BCUT2D eigenvalue weighted by Crippen LogP contribution is 2.50. The van der Waals surface area contributed by atoms with Crippen molar-refractivity contribution in [1.29, 1.82) is 0 Å². The lowest BCUT2D eigenvalue weighted by atomic mass is 9.96. The molecular formula is C13H13BrFNO. The third-order valence-electron chi connectivity index (χ3n) is 3.13. The van der Waals surface area contributed by atoms with Crippen molar-refractivity contribution in [1.82, 2.24) is 0 Å². The average Bonchev–Trinajstić information content (AvgIpc) is 2.97. The number of isocyanates is 1. The van der Waals surface area contributed by atoms with Gasteiger partial charge in [0, 0.05) is 10.0 Å². The zero-order valence-electron chi connectivity index (χ0n) is 9.76. The van der Waals surface area contributed by atoms with Crippen LogP contribution < -0.4 is 0 Å². The number of hydrogen-bond acceptors (Lipinski definition) is 2. The molecule has 0 radical (unpaired) electrons. The van der Waals surface area contributed by atoms with Gasteiger partial charge in [-0.05, 0) is 38.3 Å². The van der Waals surface area contributed by atoms with E-state index in [1.54, 1.807) is 12.1 Å². The molecule has 0 heterocycles. The topological polar surface area (TPSA) is 29.4 Å². The van der Waals surface area contributed by atoms with Gasteiger partial charge in [-0.1, -0.05) is 28.1 Å². The number of carbonyl (C=O) groups excluding carboxylic acids is 1. The molecule has 4 heteroatoms. The summed E-state index contributed by atoms with van der Waals surface area (Å²) in [6.45, 7) is 3.03. The number of rotatable bonds is 3. The second-order valence-electron chi connectivity index (χ2n) is 4.90. The normalized spacial score (nSPS) is 17.4. The van der Waals surface area contributed by atoms with E-state index in [1.165, 1.54) is 13.8 Å². The summed E-state index contributed by atoms with van der Waals surface area (Å²) < 4.78 is 14.6. The molecule has 1 aliphatic rings. The molecule has 90 valence electrons. The van der Waals surface area contributed by atoms with Crippen LogP contribution in [-0.4, -0.2) is 6.08 Å². The van der Waals surface area contributed by atoms with E-state index in [1.807, 2.05) is 12.1 Å². The maximum Gasteiger partial charge on any atom is 0.235 e. The highest BCUT2D eigenvalue weighted by Gasteiger charge is 2.45. The molecule has 0 atom stereocenters. The van der Waals surface area contributed by atoms with Crippen LogP contribution in [0.1, 0.15) is 37.8 Å². The van der Waals surface area contributed by atoms with Gasteiger partial charge < -0.3 is 0 Å². The number of alkyl halides is 1. The molecule has 2 nitrogen and oxygen atoms in total. The minimum absolute atomic E-state index is 0.400. The fourth-order valence-electron chi connectivity index (χ4n) is 1.96. The van der Waals surface area contributed by atoms with E-state index in [2.05, 4.69) is 20.9 Å². The molecule has 0 bridgehead atoms. The molecule has 1 aromatic carbocycles. The quantitative estimate of drug-likeness (QED) is 0.613. The highest BCUT2D eigenvalue weighted by molar-refractivity contribution is 9.10. The molecule has 0 amide bonds. The SMILES string of the molecule is CC(C)(F)c1ccc(C2(N=C=O)CC2)cc1Br. The molecule has 0 spiro atoms. The lowest BCUT2D eigenvalue weighted by Crippen LogP contribution is -2.11. The van der Waals surface area contributed by atoms with Crippen LogP contribution in [0.15, 0.2) is 27.7 Å². The van der Waals surface area contributed by atoms with Gasteiger partial charge in [0.05, 0.1) is 5.54 Å². The number of nitrogens with zero attached hydrogens (tertiary/aromatic N) is 1. The van der Waals surface area contributed by atoms with Gasteiger partial charge >= 0.3 is 0 Å². The van der Waals surface area contributed by atoms with Gasteiger partial charge in [-0.2, -0.15) is 4.99 Å². The van der Waals surface area contributed by atoms with Crippen molar-refractivity contribution in [3.63, 3.8) is 0 Å². The summed E-state index contributed by atoms with van der Waals surface area (Å²) in [5.74, 6) is 0. The summed E-state index contributed by atoms with van der Waals surface area (Å²) in [4.78, 5) is 14.2. The first kappa shape index (κ1) is 12.5. The lowest BCUT2D eigenvalue weighted by Gasteiger charge is -2.18. The number of aliphatic imine (C=N–C) groups is 1. The molecule has 1 aromatic rings. The molecule has 0 N–H and O–H groups in total. The first-order chi connectivity index (χ1) is 7.89. The van der Waals surface area contributed by atoms with E-state index >= 15 is 0 Å². The molecule has 1 aliphatic carbocycles. The number of halogens is 2. The summed E-state index contributed by atoms with van der Waals surface area (Å²) in [5, 5.41) is 0. The summed E-state index contributed by atoms with van der Waals surface area (Å²) in [5.41, 5.74) is -0.238. The Bertz CT molecular complexity index is 497. The van der Waals surface area contributed by atoms with Crippen LogP contribution in [0.2, 0.25) is 0 Å². The summed E-state index contributed by atoms with van der Waals surface area (Å²) >= 11 is 3.37. The van der Waals surface area contributed by atoms with Crippen molar-refractivity contribution in [2.75, 3.05) is 0 Å². The predicted octanol–water partition coefficient (Wildman–Crippen LogP) is 3.98. The molecule has 0 saturated heterocycles. The van der Waals surface area contributed by atoms with E-state index in [-0.39, 0.29) is 0 Å². The van der Waals surface area contributed by atoms with Crippen molar-refractivity contribution in [2.45, 2.75) is 37.9 Å².